The van der Waals surface area contributed by atoms with Crippen molar-refractivity contribution >= 4 is 0 Å². The molecule has 2 heteroatoms. The Kier molecular flexibility index (Phi) is 3.80. The first-order valence-electron chi connectivity index (χ1n) is 11.1. The molecular formula is C29H27N2+. The highest BCUT2D eigenvalue weighted by Gasteiger charge is 2.32. The van der Waals surface area contributed by atoms with E-state index in [0.717, 1.165) is 12.8 Å². The summed E-state index contributed by atoms with van der Waals surface area (Å²) in [4.78, 5) is 5.22. The van der Waals surface area contributed by atoms with Gasteiger partial charge < -0.3 is 0 Å². The van der Waals surface area contributed by atoms with Crippen LogP contribution in [0, 0.1) is 27.7 Å². The molecule has 0 radical (unpaired) electrons. The monoisotopic (exact) mass is 403 g/mol. The predicted octanol–water partition coefficient (Wildman–Crippen LogP) is 5.95. The first-order valence-corrected chi connectivity index (χ1v) is 11.1. The largest absolute Gasteiger partial charge is 0.256 e. The van der Waals surface area contributed by atoms with Gasteiger partial charge in [-0.05, 0) is 73.2 Å². The molecular weight excluding hydrogens is 376 g/mol. The van der Waals surface area contributed by atoms with Crippen LogP contribution in [0.25, 0.3) is 33.5 Å². The molecule has 2 aliphatic rings. The molecule has 2 aliphatic carbocycles. The average Bonchev–Trinajstić information content (AvgIpc) is 3.27. The second kappa shape index (κ2) is 6.37. The summed E-state index contributed by atoms with van der Waals surface area (Å²) in [5.41, 5.74) is 18.7. The number of hydrogen-bond donors (Lipinski definition) is 0. The summed E-state index contributed by atoms with van der Waals surface area (Å²) >= 11 is 0. The number of hydrogen-bond acceptors (Lipinski definition) is 1. The summed E-state index contributed by atoms with van der Waals surface area (Å²) in [6.07, 6.45) is 4.07. The van der Waals surface area contributed by atoms with E-state index >= 15 is 0 Å². The Morgan fingerprint density at radius 2 is 1.58 bits per heavy atom. The summed E-state index contributed by atoms with van der Waals surface area (Å²) in [5, 5.41) is 0. The summed E-state index contributed by atoms with van der Waals surface area (Å²) in [6, 6.07) is 16.0. The number of nitrogens with zero attached hydrogens (tertiary/aromatic N) is 2. The van der Waals surface area contributed by atoms with Gasteiger partial charge in [0.05, 0.1) is 11.4 Å². The van der Waals surface area contributed by atoms with E-state index in [0.29, 0.717) is 0 Å². The smallest absolute Gasteiger partial charge is 0.216 e. The van der Waals surface area contributed by atoms with Crippen LogP contribution in [0.5, 0.6) is 0 Å². The number of fused-ring (bicyclic) bond motifs is 6. The SMILES string of the molecule is Cc1cc(C)c(C)c(-c2c3c(cc[n+]2C)-c2cc4c(nc2C3)Cc2cccc(C)c2-4)c1. The normalized spacial score (nSPS) is 13.1. The maximum absolute atomic E-state index is 5.22. The zero-order valence-corrected chi connectivity index (χ0v) is 18.9. The van der Waals surface area contributed by atoms with Crippen molar-refractivity contribution in [1.29, 1.82) is 0 Å². The van der Waals surface area contributed by atoms with Crippen molar-refractivity contribution in [2.75, 3.05) is 0 Å². The van der Waals surface area contributed by atoms with Crippen LogP contribution in [0.4, 0.5) is 0 Å². The zero-order valence-electron chi connectivity index (χ0n) is 18.9. The molecule has 0 saturated heterocycles. The molecule has 2 nitrogen and oxygen atoms in total. The first-order chi connectivity index (χ1) is 14.9. The standard InChI is InChI=1S/C29H27N2/c1-16-11-18(3)19(4)22(12-16)29-24-15-27-23(21(24)9-10-31(29)5)14-25-26(30-27)13-20-8-6-7-17(2)28(20)25/h6-12,14H,13,15H2,1-5H3/q+1. The minimum absolute atomic E-state index is 0.906. The number of rotatable bonds is 1. The molecule has 0 unspecified atom stereocenters. The Morgan fingerprint density at radius 3 is 2.42 bits per heavy atom. The molecule has 31 heavy (non-hydrogen) atoms. The molecule has 0 bridgehead atoms. The molecule has 0 amide bonds. The molecule has 0 spiro atoms. The minimum atomic E-state index is 0.906. The number of aryl methyl sites for hydroxylation is 4. The van der Waals surface area contributed by atoms with E-state index in [1.807, 2.05) is 0 Å². The van der Waals surface area contributed by atoms with Crippen molar-refractivity contribution in [2.45, 2.75) is 40.5 Å². The van der Waals surface area contributed by atoms with E-state index < -0.39 is 0 Å². The lowest BCUT2D eigenvalue weighted by atomic mass is 9.93. The Bertz CT molecular complexity index is 1430. The zero-order chi connectivity index (χ0) is 21.4. The van der Waals surface area contributed by atoms with Gasteiger partial charge in [0.15, 0.2) is 6.20 Å². The van der Waals surface area contributed by atoms with Gasteiger partial charge in [-0.15, -0.1) is 0 Å². The maximum Gasteiger partial charge on any atom is 0.216 e. The second-order valence-electron chi connectivity index (χ2n) is 9.36. The Hall–Kier alpha value is -3.26. The molecule has 0 N–H and O–H groups in total. The molecule has 2 aromatic heterocycles. The fraction of sp³-hybridized carbons (Fsp3) is 0.241. The summed E-state index contributed by atoms with van der Waals surface area (Å²) in [5.74, 6) is 0. The third kappa shape index (κ3) is 2.57. The fourth-order valence-corrected chi connectivity index (χ4v) is 5.69. The second-order valence-corrected chi connectivity index (χ2v) is 9.36. The van der Waals surface area contributed by atoms with Crippen molar-refractivity contribution in [3.8, 4) is 33.5 Å². The van der Waals surface area contributed by atoms with Crippen LogP contribution in [0.2, 0.25) is 0 Å². The molecule has 2 heterocycles. The third-order valence-corrected chi connectivity index (χ3v) is 7.30. The van der Waals surface area contributed by atoms with Gasteiger partial charge in [0.2, 0.25) is 5.69 Å². The van der Waals surface area contributed by atoms with Crippen LogP contribution in [0.3, 0.4) is 0 Å². The molecule has 0 atom stereocenters. The van der Waals surface area contributed by atoms with Gasteiger partial charge in [0.25, 0.3) is 0 Å². The van der Waals surface area contributed by atoms with Gasteiger partial charge >= 0.3 is 0 Å². The van der Waals surface area contributed by atoms with E-state index in [1.165, 1.54) is 78.3 Å². The Morgan fingerprint density at radius 1 is 0.774 bits per heavy atom. The van der Waals surface area contributed by atoms with Crippen molar-refractivity contribution in [1.82, 2.24) is 4.98 Å². The summed E-state index contributed by atoms with van der Waals surface area (Å²) < 4.78 is 2.29. The predicted molar refractivity (Wildman–Crippen MR) is 126 cm³/mol. The molecule has 2 aromatic carbocycles. The Labute approximate surface area is 184 Å². The highest BCUT2D eigenvalue weighted by Crippen LogP contribution is 2.45. The first kappa shape index (κ1) is 18.5. The highest BCUT2D eigenvalue weighted by atomic mass is 14.9. The van der Waals surface area contributed by atoms with Gasteiger partial charge in [0, 0.05) is 41.2 Å². The molecule has 0 aliphatic heterocycles. The van der Waals surface area contributed by atoms with E-state index in [4.69, 9.17) is 4.98 Å². The maximum atomic E-state index is 5.22. The molecule has 4 aromatic rings. The van der Waals surface area contributed by atoms with Crippen LogP contribution >= 0.6 is 0 Å². The fourth-order valence-electron chi connectivity index (χ4n) is 5.69. The lowest BCUT2D eigenvalue weighted by Gasteiger charge is -2.12. The number of aromatic nitrogens is 2. The highest BCUT2D eigenvalue weighted by molar-refractivity contribution is 5.87. The van der Waals surface area contributed by atoms with Gasteiger partial charge in [-0.2, -0.15) is 0 Å². The van der Waals surface area contributed by atoms with E-state index in [1.54, 1.807) is 0 Å². The van der Waals surface area contributed by atoms with Gasteiger partial charge in [-0.1, -0.05) is 29.8 Å². The molecule has 0 fully saturated rings. The van der Waals surface area contributed by atoms with Crippen molar-refractivity contribution < 1.29 is 4.57 Å². The number of benzene rings is 2. The molecule has 0 saturated carbocycles. The third-order valence-electron chi connectivity index (χ3n) is 7.30. The summed E-state index contributed by atoms with van der Waals surface area (Å²) in [6.45, 7) is 8.88. The van der Waals surface area contributed by atoms with Crippen molar-refractivity contribution in [3.05, 3.63) is 93.4 Å². The van der Waals surface area contributed by atoms with Crippen LogP contribution in [0.1, 0.15) is 44.8 Å². The van der Waals surface area contributed by atoms with E-state index in [2.05, 4.69) is 88.0 Å². The average molecular weight is 404 g/mol. The van der Waals surface area contributed by atoms with E-state index in [9.17, 15) is 0 Å². The lowest BCUT2D eigenvalue weighted by Crippen LogP contribution is -2.32. The van der Waals surface area contributed by atoms with Crippen molar-refractivity contribution in [2.24, 2.45) is 7.05 Å². The van der Waals surface area contributed by atoms with Gasteiger partial charge in [-0.3, -0.25) is 4.98 Å². The Balaban J connectivity index is 1.58. The quantitative estimate of drug-likeness (QED) is 0.310. The molecule has 152 valence electrons. The van der Waals surface area contributed by atoms with Gasteiger partial charge in [0.1, 0.15) is 7.05 Å². The summed E-state index contributed by atoms with van der Waals surface area (Å²) in [7, 11) is 2.17. The van der Waals surface area contributed by atoms with Gasteiger partial charge in [-0.25, -0.2) is 4.57 Å². The lowest BCUT2D eigenvalue weighted by molar-refractivity contribution is -0.660. The number of pyridine rings is 2. The van der Waals surface area contributed by atoms with Crippen LogP contribution in [-0.4, -0.2) is 4.98 Å². The topological polar surface area (TPSA) is 16.8 Å². The van der Waals surface area contributed by atoms with Crippen molar-refractivity contribution in [3.63, 3.8) is 0 Å². The van der Waals surface area contributed by atoms with Crippen LogP contribution < -0.4 is 4.57 Å². The van der Waals surface area contributed by atoms with Crippen LogP contribution in [-0.2, 0) is 19.9 Å². The molecule has 6 rings (SSSR count). The minimum Gasteiger partial charge on any atom is -0.256 e. The van der Waals surface area contributed by atoms with Crippen LogP contribution in [0.15, 0.2) is 48.7 Å². The van der Waals surface area contributed by atoms with E-state index in [-0.39, 0.29) is 0 Å².